The summed E-state index contributed by atoms with van der Waals surface area (Å²) in [6.07, 6.45) is 7.16. The molecule has 19 heavy (non-hydrogen) atoms. The zero-order chi connectivity index (χ0) is 15.1. The molecule has 0 N–H and O–H groups in total. The van der Waals surface area contributed by atoms with Gasteiger partial charge in [0.15, 0.2) is 0 Å². The lowest BCUT2D eigenvalue weighted by Gasteiger charge is -2.32. The second kappa shape index (κ2) is 7.91. The Morgan fingerprint density at radius 3 is 2.00 bits per heavy atom. The minimum atomic E-state index is -0.327. The van der Waals surface area contributed by atoms with Crippen LogP contribution in [0.2, 0.25) is 0 Å². The van der Waals surface area contributed by atoms with Gasteiger partial charge in [0.2, 0.25) is 0 Å². The molecule has 0 radical (unpaired) electrons. The molecule has 0 saturated heterocycles. The molecular formula is C17H34O2. The van der Waals surface area contributed by atoms with Gasteiger partial charge in [-0.3, -0.25) is 4.79 Å². The van der Waals surface area contributed by atoms with E-state index in [-0.39, 0.29) is 11.6 Å². The highest BCUT2D eigenvalue weighted by Gasteiger charge is 2.23. The Morgan fingerprint density at radius 1 is 1.21 bits per heavy atom. The first-order valence-corrected chi connectivity index (χ1v) is 7.77. The van der Waals surface area contributed by atoms with Gasteiger partial charge in [-0.25, -0.2) is 0 Å². The molecule has 114 valence electrons. The fraction of sp³-hybridized carbons (Fsp3) is 0.941. The maximum Gasteiger partial charge on any atom is 0.306 e. The molecule has 0 aromatic heterocycles. The third kappa shape index (κ3) is 11.0. The van der Waals surface area contributed by atoms with Gasteiger partial charge in [-0.1, -0.05) is 40.5 Å². The number of rotatable bonds is 2. The van der Waals surface area contributed by atoms with Crippen molar-refractivity contribution in [3.63, 3.8) is 0 Å². The first-order valence-electron chi connectivity index (χ1n) is 7.77. The molecule has 1 rings (SSSR count). The van der Waals surface area contributed by atoms with E-state index in [9.17, 15) is 4.79 Å². The predicted molar refractivity (Wildman–Crippen MR) is 82.2 cm³/mol. The summed E-state index contributed by atoms with van der Waals surface area (Å²) in [5.74, 6) is 0.896. The van der Waals surface area contributed by atoms with E-state index in [2.05, 4.69) is 20.8 Å². The summed E-state index contributed by atoms with van der Waals surface area (Å²) in [6.45, 7) is 14.7. The summed E-state index contributed by atoms with van der Waals surface area (Å²) in [7, 11) is 0. The van der Waals surface area contributed by atoms with Gasteiger partial charge in [-0.2, -0.15) is 0 Å². The number of esters is 1. The van der Waals surface area contributed by atoms with E-state index in [1.807, 2.05) is 27.7 Å². The lowest BCUT2D eigenvalue weighted by Crippen LogP contribution is -2.23. The Kier molecular flexibility index (Phi) is 7.69. The Labute approximate surface area is 120 Å². The fourth-order valence-corrected chi connectivity index (χ4v) is 2.14. The molecule has 2 heteroatoms. The third-order valence-electron chi connectivity index (χ3n) is 3.50. The molecule has 1 aliphatic rings. The molecular weight excluding hydrogens is 236 g/mol. The average molecular weight is 270 g/mol. The molecule has 2 nitrogen and oxygen atoms in total. The van der Waals surface area contributed by atoms with Gasteiger partial charge in [-0.05, 0) is 51.4 Å². The number of hydrogen-bond acceptors (Lipinski definition) is 2. The highest BCUT2D eigenvalue weighted by Crippen LogP contribution is 2.37. The van der Waals surface area contributed by atoms with Crippen molar-refractivity contribution < 1.29 is 9.53 Å². The van der Waals surface area contributed by atoms with Crippen molar-refractivity contribution in [2.45, 2.75) is 92.6 Å². The smallest absolute Gasteiger partial charge is 0.306 e. The van der Waals surface area contributed by atoms with Crippen molar-refractivity contribution in [1.29, 1.82) is 0 Å². The van der Waals surface area contributed by atoms with Crippen LogP contribution >= 0.6 is 0 Å². The normalized spacial score (nSPS) is 19.3. The van der Waals surface area contributed by atoms with Crippen LogP contribution in [0.5, 0.6) is 0 Å². The van der Waals surface area contributed by atoms with Crippen LogP contribution in [0.3, 0.4) is 0 Å². The standard InChI is InChI=1S/C9H18.C8H16O2/c1-8-4-6-9(2,3)7-5-8;1-5-6-7(9)10-8(2,3)4/h8H,4-7H2,1-3H3;5-6H2,1-4H3. The summed E-state index contributed by atoms with van der Waals surface area (Å²) in [4.78, 5) is 10.8. The zero-order valence-corrected chi connectivity index (χ0v) is 14.1. The van der Waals surface area contributed by atoms with Crippen molar-refractivity contribution >= 4 is 5.97 Å². The van der Waals surface area contributed by atoms with Gasteiger partial charge in [-0.15, -0.1) is 0 Å². The van der Waals surface area contributed by atoms with Gasteiger partial charge in [0.1, 0.15) is 5.60 Å². The molecule has 1 fully saturated rings. The van der Waals surface area contributed by atoms with E-state index in [0.717, 1.165) is 12.3 Å². The number of carbonyl (C=O) groups excluding carboxylic acids is 1. The predicted octanol–water partition coefficient (Wildman–Crippen LogP) is 5.35. The minimum Gasteiger partial charge on any atom is -0.460 e. The SMILES string of the molecule is CC1CCC(C)(C)CC1.CCCC(=O)OC(C)(C)C. The Balaban J connectivity index is 0.000000342. The van der Waals surface area contributed by atoms with Crippen molar-refractivity contribution in [1.82, 2.24) is 0 Å². The number of hydrogen-bond donors (Lipinski definition) is 0. The molecule has 0 amide bonds. The molecule has 0 heterocycles. The van der Waals surface area contributed by atoms with Crippen LogP contribution in [0, 0.1) is 11.3 Å². The highest BCUT2D eigenvalue weighted by atomic mass is 16.6. The largest absolute Gasteiger partial charge is 0.460 e. The summed E-state index contributed by atoms with van der Waals surface area (Å²) >= 11 is 0. The molecule has 0 aromatic rings. The van der Waals surface area contributed by atoms with Crippen LogP contribution in [0.25, 0.3) is 0 Å². The highest BCUT2D eigenvalue weighted by molar-refractivity contribution is 5.69. The van der Waals surface area contributed by atoms with Crippen molar-refractivity contribution in [3.05, 3.63) is 0 Å². The van der Waals surface area contributed by atoms with Crippen LogP contribution in [-0.2, 0) is 9.53 Å². The minimum absolute atomic E-state index is 0.102. The van der Waals surface area contributed by atoms with Crippen LogP contribution in [0.4, 0.5) is 0 Å². The van der Waals surface area contributed by atoms with Gasteiger partial charge >= 0.3 is 5.97 Å². The average Bonchev–Trinajstić information content (AvgIpc) is 2.21. The lowest BCUT2D eigenvalue weighted by atomic mass is 9.74. The van der Waals surface area contributed by atoms with Crippen LogP contribution in [-0.4, -0.2) is 11.6 Å². The van der Waals surface area contributed by atoms with Crippen molar-refractivity contribution in [2.24, 2.45) is 11.3 Å². The molecule has 0 atom stereocenters. The number of carbonyl (C=O) groups is 1. The van der Waals surface area contributed by atoms with E-state index in [1.54, 1.807) is 0 Å². The maximum atomic E-state index is 10.8. The van der Waals surface area contributed by atoms with Gasteiger partial charge in [0.25, 0.3) is 0 Å². The van der Waals surface area contributed by atoms with E-state index in [0.29, 0.717) is 11.8 Å². The Morgan fingerprint density at radius 2 is 1.68 bits per heavy atom. The third-order valence-corrected chi connectivity index (χ3v) is 3.50. The van der Waals surface area contributed by atoms with E-state index >= 15 is 0 Å². The Bertz CT molecular complexity index is 251. The van der Waals surface area contributed by atoms with Crippen molar-refractivity contribution in [3.8, 4) is 0 Å². The summed E-state index contributed by atoms with van der Waals surface area (Å²) in [5.41, 5.74) is 0.332. The lowest BCUT2D eigenvalue weighted by molar-refractivity contribution is -0.154. The molecule has 1 saturated carbocycles. The molecule has 0 unspecified atom stereocenters. The van der Waals surface area contributed by atoms with E-state index < -0.39 is 0 Å². The monoisotopic (exact) mass is 270 g/mol. The quantitative estimate of drug-likeness (QED) is 0.632. The van der Waals surface area contributed by atoms with Gasteiger partial charge in [0, 0.05) is 6.42 Å². The van der Waals surface area contributed by atoms with Gasteiger partial charge < -0.3 is 4.74 Å². The fourth-order valence-electron chi connectivity index (χ4n) is 2.14. The summed E-state index contributed by atoms with van der Waals surface area (Å²) in [5, 5.41) is 0. The maximum absolute atomic E-state index is 10.8. The topological polar surface area (TPSA) is 26.3 Å². The number of ether oxygens (including phenoxy) is 1. The second-order valence-electron chi connectivity index (χ2n) is 7.68. The van der Waals surface area contributed by atoms with Crippen LogP contribution in [0.15, 0.2) is 0 Å². The molecule has 0 bridgehead atoms. The van der Waals surface area contributed by atoms with Crippen LogP contribution < -0.4 is 0 Å². The molecule has 0 aliphatic heterocycles. The first-order chi connectivity index (χ1) is 8.56. The van der Waals surface area contributed by atoms with Crippen molar-refractivity contribution in [2.75, 3.05) is 0 Å². The van der Waals surface area contributed by atoms with E-state index in [4.69, 9.17) is 4.74 Å². The van der Waals surface area contributed by atoms with Crippen LogP contribution in [0.1, 0.15) is 87.0 Å². The van der Waals surface area contributed by atoms with E-state index in [1.165, 1.54) is 25.7 Å². The molecule has 0 spiro atoms. The van der Waals surface area contributed by atoms with Gasteiger partial charge in [0.05, 0.1) is 0 Å². The zero-order valence-electron chi connectivity index (χ0n) is 14.1. The summed E-state index contributed by atoms with van der Waals surface area (Å²) < 4.78 is 5.04. The molecule has 0 aromatic carbocycles. The molecule has 1 aliphatic carbocycles. The first kappa shape index (κ1) is 18.5. The second-order valence-corrected chi connectivity index (χ2v) is 7.68. The summed E-state index contributed by atoms with van der Waals surface area (Å²) in [6, 6.07) is 0. The Hall–Kier alpha value is -0.530.